The molecule has 2 amide bonds. The summed E-state index contributed by atoms with van der Waals surface area (Å²) in [6, 6.07) is 14.4. The number of amides is 2. The molecule has 1 aromatic heterocycles. The Hall–Kier alpha value is -4.44. The van der Waals surface area contributed by atoms with E-state index >= 15 is 0 Å². The summed E-state index contributed by atoms with van der Waals surface area (Å²) in [4.78, 5) is 44.1. The van der Waals surface area contributed by atoms with Crippen molar-refractivity contribution in [3.05, 3.63) is 82.5 Å². The van der Waals surface area contributed by atoms with Crippen molar-refractivity contribution in [2.24, 2.45) is 0 Å². The summed E-state index contributed by atoms with van der Waals surface area (Å²) in [5.74, 6) is -0.600. The summed E-state index contributed by atoms with van der Waals surface area (Å²) < 4.78 is 10.4. The lowest BCUT2D eigenvalue weighted by Gasteiger charge is -2.29. The number of amidine groups is 1. The minimum Gasteiger partial charge on any atom is -0.482 e. The Morgan fingerprint density at radius 1 is 0.950 bits per heavy atom. The Morgan fingerprint density at radius 3 is 2.35 bits per heavy atom. The van der Waals surface area contributed by atoms with Crippen molar-refractivity contribution in [1.82, 2.24) is 9.88 Å². The molecule has 10 nitrogen and oxygen atoms in total. The van der Waals surface area contributed by atoms with E-state index in [2.05, 4.69) is 15.6 Å². The van der Waals surface area contributed by atoms with Gasteiger partial charge in [0.25, 0.3) is 11.8 Å². The van der Waals surface area contributed by atoms with Crippen LogP contribution in [-0.2, 0) is 9.53 Å². The van der Waals surface area contributed by atoms with Gasteiger partial charge in [-0.25, -0.2) is 9.78 Å². The van der Waals surface area contributed by atoms with E-state index in [9.17, 15) is 14.4 Å². The number of ether oxygens (including phenoxy) is 2. The molecule has 11 heteroatoms. The molecular formula is C29H30ClN5O5. The first kappa shape index (κ1) is 28.6. The van der Waals surface area contributed by atoms with E-state index < -0.39 is 17.8 Å². The first-order chi connectivity index (χ1) is 19.3. The van der Waals surface area contributed by atoms with E-state index in [0.717, 1.165) is 31.5 Å². The molecule has 0 bridgehead atoms. The van der Waals surface area contributed by atoms with Gasteiger partial charge in [-0.1, -0.05) is 23.7 Å². The molecule has 208 valence electrons. The average Bonchev–Trinajstić information content (AvgIpc) is 2.98. The van der Waals surface area contributed by atoms with Gasteiger partial charge in [0.1, 0.15) is 17.4 Å². The fraction of sp³-hybridized carbons (Fsp3) is 0.276. The van der Waals surface area contributed by atoms with E-state index in [4.69, 9.17) is 26.5 Å². The zero-order valence-corrected chi connectivity index (χ0v) is 22.8. The van der Waals surface area contributed by atoms with Crippen LogP contribution < -0.4 is 15.4 Å². The number of anilines is 2. The van der Waals surface area contributed by atoms with Gasteiger partial charge in [0, 0.05) is 30.4 Å². The van der Waals surface area contributed by atoms with Crippen molar-refractivity contribution in [3.63, 3.8) is 0 Å². The average molecular weight is 564 g/mol. The van der Waals surface area contributed by atoms with Crippen molar-refractivity contribution in [1.29, 1.82) is 5.41 Å². The maximum atomic E-state index is 13.2. The highest BCUT2D eigenvalue weighted by molar-refractivity contribution is 6.30. The van der Waals surface area contributed by atoms with Gasteiger partial charge in [0.05, 0.1) is 22.9 Å². The highest BCUT2D eigenvalue weighted by Gasteiger charge is 2.19. The first-order valence-electron chi connectivity index (χ1n) is 12.9. The van der Waals surface area contributed by atoms with Crippen molar-refractivity contribution in [3.8, 4) is 5.75 Å². The van der Waals surface area contributed by atoms with Crippen molar-refractivity contribution in [2.75, 3.05) is 36.9 Å². The van der Waals surface area contributed by atoms with Gasteiger partial charge in [0.2, 0.25) is 0 Å². The summed E-state index contributed by atoms with van der Waals surface area (Å²) in [6.07, 6.45) is 4.71. The highest BCUT2D eigenvalue weighted by Crippen LogP contribution is 2.25. The molecule has 2 heterocycles. The van der Waals surface area contributed by atoms with Crippen molar-refractivity contribution >= 4 is 46.7 Å². The number of hydrogen-bond acceptors (Lipinski definition) is 7. The number of carbonyl (C=O) groups is 3. The van der Waals surface area contributed by atoms with Gasteiger partial charge in [-0.3, -0.25) is 15.0 Å². The smallest absolute Gasteiger partial charge is 0.344 e. The van der Waals surface area contributed by atoms with Crippen LogP contribution in [0.3, 0.4) is 0 Å². The number of esters is 1. The fourth-order valence-corrected chi connectivity index (χ4v) is 4.27. The Kier molecular flexibility index (Phi) is 9.69. The second-order valence-corrected chi connectivity index (χ2v) is 9.48. The van der Waals surface area contributed by atoms with Crippen LogP contribution in [0.2, 0.25) is 5.02 Å². The number of likely N-dealkylation sites (tertiary alicyclic amines) is 1. The third-order valence-corrected chi connectivity index (χ3v) is 6.43. The molecule has 4 rings (SSSR count). The van der Waals surface area contributed by atoms with Crippen LogP contribution in [-0.4, -0.2) is 59.8 Å². The van der Waals surface area contributed by atoms with Gasteiger partial charge < -0.3 is 25.0 Å². The second kappa shape index (κ2) is 13.6. The van der Waals surface area contributed by atoms with Gasteiger partial charge in [-0.2, -0.15) is 0 Å². The molecule has 0 atom stereocenters. The Balaban J connectivity index is 1.51. The predicted octanol–water partition coefficient (Wildman–Crippen LogP) is 4.99. The number of nitrogens with zero attached hydrogens (tertiary/aromatic N) is 2. The van der Waals surface area contributed by atoms with Crippen LogP contribution in [0.15, 0.2) is 60.8 Å². The maximum absolute atomic E-state index is 13.2. The lowest BCUT2D eigenvalue weighted by atomic mass is 10.1. The summed E-state index contributed by atoms with van der Waals surface area (Å²) in [5, 5.41) is 14.3. The molecule has 2 aromatic carbocycles. The Morgan fingerprint density at radius 2 is 1.68 bits per heavy atom. The predicted molar refractivity (Wildman–Crippen MR) is 152 cm³/mol. The summed E-state index contributed by atoms with van der Waals surface area (Å²) in [5.41, 5.74) is 1.42. The topological polar surface area (TPSA) is 134 Å². The molecule has 40 heavy (non-hydrogen) atoms. The highest BCUT2D eigenvalue weighted by atomic mass is 35.5. The third kappa shape index (κ3) is 7.57. The molecule has 0 aliphatic carbocycles. The van der Waals surface area contributed by atoms with Crippen LogP contribution in [0.25, 0.3) is 0 Å². The van der Waals surface area contributed by atoms with Crippen LogP contribution in [0.1, 0.15) is 52.5 Å². The van der Waals surface area contributed by atoms with Crippen LogP contribution in [0.5, 0.6) is 5.75 Å². The number of pyridine rings is 1. The molecular weight excluding hydrogens is 534 g/mol. The number of carbonyl (C=O) groups excluding carboxylic acids is 3. The zero-order valence-electron chi connectivity index (χ0n) is 22.0. The first-order valence-corrected chi connectivity index (χ1v) is 13.3. The minimum atomic E-state index is -0.558. The molecule has 0 unspecified atom stereocenters. The largest absolute Gasteiger partial charge is 0.482 e. The van der Waals surface area contributed by atoms with Gasteiger partial charge >= 0.3 is 5.97 Å². The Labute approximate surface area is 237 Å². The standard InChI is InChI=1S/C29H30ClN5O5/c1-2-39-26(36)18-40-22-11-12-24(23(16-22)29(38)34-25-13-10-21(30)17-32-25)33-28(37)20-8-6-19(7-9-20)27(31)35-14-4-3-5-15-35/h6-13,16-17,31H,2-5,14-15,18H2,1H3,(H,33,37)(H,32,34,38). The number of aromatic nitrogens is 1. The molecule has 1 fully saturated rings. The number of benzene rings is 2. The summed E-state index contributed by atoms with van der Waals surface area (Å²) >= 11 is 5.88. The number of halogens is 1. The lowest BCUT2D eigenvalue weighted by Crippen LogP contribution is -2.35. The monoisotopic (exact) mass is 563 g/mol. The van der Waals surface area contributed by atoms with Crippen LogP contribution in [0.4, 0.5) is 11.5 Å². The number of hydrogen-bond donors (Lipinski definition) is 3. The molecule has 0 radical (unpaired) electrons. The minimum absolute atomic E-state index is 0.0926. The van der Waals surface area contributed by atoms with Crippen LogP contribution >= 0.6 is 11.6 Å². The maximum Gasteiger partial charge on any atom is 0.344 e. The zero-order chi connectivity index (χ0) is 28.5. The quantitative estimate of drug-likeness (QED) is 0.190. The normalized spacial score (nSPS) is 12.8. The van der Waals surface area contributed by atoms with E-state index in [1.165, 1.54) is 30.8 Å². The molecule has 1 aliphatic heterocycles. The fourth-order valence-electron chi connectivity index (χ4n) is 4.16. The van der Waals surface area contributed by atoms with E-state index in [-0.39, 0.29) is 36.0 Å². The van der Waals surface area contributed by atoms with Gasteiger partial charge in [-0.15, -0.1) is 0 Å². The molecule has 0 saturated carbocycles. The SMILES string of the molecule is CCOC(=O)COc1ccc(NC(=O)c2ccc(C(=N)N3CCCCC3)cc2)c(C(=O)Nc2ccc(Cl)cn2)c1. The molecule has 0 spiro atoms. The van der Waals surface area contributed by atoms with Crippen molar-refractivity contribution in [2.45, 2.75) is 26.2 Å². The van der Waals surface area contributed by atoms with Gasteiger partial charge in [0.15, 0.2) is 6.61 Å². The molecule has 1 saturated heterocycles. The number of nitrogens with one attached hydrogen (secondary N) is 3. The van der Waals surface area contributed by atoms with E-state index in [0.29, 0.717) is 16.4 Å². The molecule has 3 aromatic rings. The van der Waals surface area contributed by atoms with Crippen LogP contribution in [0, 0.1) is 5.41 Å². The third-order valence-electron chi connectivity index (χ3n) is 6.21. The van der Waals surface area contributed by atoms with E-state index in [1.807, 2.05) is 4.90 Å². The van der Waals surface area contributed by atoms with Crippen molar-refractivity contribution < 1.29 is 23.9 Å². The number of piperidine rings is 1. The molecule has 3 N–H and O–H groups in total. The van der Waals surface area contributed by atoms with Gasteiger partial charge in [-0.05, 0) is 68.7 Å². The van der Waals surface area contributed by atoms with E-state index in [1.54, 1.807) is 43.3 Å². The summed E-state index contributed by atoms with van der Waals surface area (Å²) in [7, 11) is 0. The lowest BCUT2D eigenvalue weighted by molar-refractivity contribution is -0.145. The molecule has 1 aliphatic rings. The second-order valence-electron chi connectivity index (χ2n) is 9.04. The summed E-state index contributed by atoms with van der Waals surface area (Å²) in [6.45, 7) is 3.29. The Bertz CT molecular complexity index is 1370. The number of rotatable bonds is 9.